The molecule has 0 fully saturated rings. The molecule has 17 heteroatoms. The fourth-order valence-electron chi connectivity index (χ4n) is 4.87. The van der Waals surface area contributed by atoms with E-state index in [2.05, 4.69) is 19.7 Å². The normalized spacial score (nSPS) is 12.9. The summed E-state index contributed by atoms with van der Waals surface area (Å²) in [6.45, 7) is 11.5. The van der Waals surface area contributed by atoms with Crippen molar-refractivity contribution in [3.05, 3.63) is 65.7 Å². The number of hydrogen-bond acceptors (Lipinski definition) is 11. The van der Waals surface area contributed by atoms with E-state index in [0.29, 0.717) is 6.61 Å². The van der Waals surface area contributed by atoms with Crippen molar-refractivity contribution in [1.82, 2.24) is 4.31 Å². The molecule has 0 aliphatic heterocycles. The first kappa shape index (κ1) is 38.4. The van der Waals surface area contributed by atoms with Crippen LogP contribution in [-0.2, 0) is 31.3 Å². The van der Waals surface area contributed by atoms with Crippen LogP contribution in [-0.4, -0.2) is 61.5 Å². The summed E-state index contributed by atoms with van der Waals surface area (Å²) in [4.78, 5) is -0.434. The van der Waals surface area contributed by atoms with Gasteiger partial charge in [0.05, 0.1) is 35.6 Å². The molecule has 4 N–H and O–H groups in total. The molecule has 0 spiro atoms. The summed E-state index contributed by atoms with van der Waals surface area (Å²) in [6, 6.07) is 13.2. The molecule has 0 saturated carbocycles. The summed E-state index contributed by atoms with van der Waals surface area (Å²) >= 11 is -2.20. The van der Waals surface area contributed by atoms with Crippen LogP contribution in [0.3, 0.4) is 0 Å². The molecule has 0 aliphatic rings. The Morgan fingerprint density at radius 3 is 2.22 bits per heavy atom. The van der Waals surface area contributed by atoms with Crippen LogP contribution in [0.2, 0.25) is 0 Å². The van der Waals surface area contributed by atoms with E-state index in [0.717, 1.165) is 23.4 Å². The van der Waals surface area contributed by atoms with E-state index in [1.807, 2.05) is 27.7 Å². The van der Waals surface area contributed by atoms with Crippen molar-refractivity contribution in [1.29, 1.82) is 0 Å². The van der Waals surface area contributed by atoms with Crippen molar-refractivity contribution in [2.45, 2.75) is 46.4 Å². The second-order valence-corrected chi connectivity index (χ2v) is 16.3. The van der Waals surface area contributed by atoms with E-state index in [9.17, 15) is 31.3 Å². The third-order valence-corrected chi connectivity index (χ3v) is 10.8. The first-order chi connectivity index (χ1) is 23.4. The molecule has 14 nitrogen and oxygen atoms in total. The number of aromatic hydroxyl groups is 2. The van der Waals surface area contributed by atoms with Crippen LogP contribution in [0, 0.1) is 19.8 Å². The molecule has 0 amide bonds. The molecule has 270 valence electrons. The van der Waals surface area contributed by atoms with Gasteiger partial charge in [-0.25, -0.2) is 16.8 Å². The average Bonchev–Trinajstić information content (AvgIpc) is 3.02. The third-order valence-electron chi connectivity index (χ3n) is 7.44. The van der Waals surface area contributed by atoms with Gasteiger partial charge in [0.15, 0.2) is 11.5 Å². The predicted octanol–water partition coefficient (Wildman–Crippen LogP) is 6.79. The number of fused-ring (bicyclic) bond motifs is 1. The summed E-state index contributed by atoms with van der Waals surface area (Å²) in [7, 11) is -8.00. The number of nitrogens with one attached hydrogen (secondary N) is 2. The number of benzene rings is 4. The Kier molecular flexibility index (Phi) is 12.0. The predicted molar refractivity (Wildman–Crippen MR) is 195 cm³/mol. The lowest BCUT2D eigenvalue weighted by molar-refractivity contribution is 0.265. The van der Waals surface area contributed by atoms with Gasteiger partial charge in [0.25, 0.3) is 0 Å². The van der Waals surface area contributed by atoms with E-state index in [4.69, 9.17) is 8.92 Å². The maximum atomic E-state index is 13.6. The van der Waals surface area contributed by atoms with Gasteiger partial charge in [-0.1, -0.05) is 39.8 Å². The number of phenols is 2. The van der Waals surface area contributed by atoms with E-state index < -0.39 is 42.0 Å². The van der Waals surface area contributed by atoms with Gasteiger partial charge in [-0.3, -0.25) is 9.44 Å². The lowest BCUT2D eigenvalue weighted by Gasteiger charge is -2.20. The van der Waals surface area contributed by atoms with Crippen molar-refractivity contribution in [2.24, 2.45) is 16.1 Å². The molecule has 0 aromatic heterocycles. The maximum Gasteiger partial charge on any atom is 0.316 e. The minimum Gasteiger partial charge on any atom is -0.506 e. The molecule has 4 aromatic rings. The quantitative estimate of drug-likeness (QED) is 0.0748. The molecule has 50 heavy (non-hydrogen) atoms. The second kappa shape index (κ2) is 15.6. The van der Waals surface area contributed by atoms with Gasteiger partial charge in [0.2, 0.25) is 20.0 Å². The van der Waals surface area contributed by atoms with Gasteiger partial charge in [0.1, 0.15) is 16.4 Å². The van der Waals surface area contributed by atoms with Crippen LogP contribution in [0.4, 0.5) is 22.7 Å². The van der Waals surface area contributed by atoms with Crippen molar-refractivity contribution in [2.75, 3.05) is 35.4 Å². The van der Waals surface area contributed by atoms with E-state index >= 15 is 0 Å². The highest BCUT2D eigenvalue weighted by Crippen LogP contribution is 2.44. The first-order valence-electron chi connectivity index (χ1n) is 15.6. The number of rotatable bonds is 15. The third kappa shape index (κ3) is 9.01. The summed E-state index contributed by atoms with van der Waals surface area (Å²) < 4.78 is 82.5. The fraction of sp³-hybridized carbons (Fsp3) is 0.333. The van der Waals surface area contributed by atoms with E-state index in [-0.39, 0.29) is 69.8 Å². The second-order valence-electron chi connectivity index (χ2n) is 11.8. The zero-order valence-electron chi connectivity index (χ0n) is 28.7. The van der Waals surface area contributed by atoms with Crippen LogP contribution in [0.5, 0.6) is 23.0 Å². The largest absolute Gasteiger partial charge is 0.506 e. The topological polar surface area (TPSA) is 196 Å². The minimum atomic E-state index is -4.20. The van der Waals surface area contributed by atoms with E-state index in [1.165, 1.54) is 34.6 Å². The summed E-state index contributed by atoms with van der Waals surface area (Å²) in [5.41, 5.74) is 2.05. The van der Waals surface area contributed by atoms with Gasteiger partial charge in [-0.2, -0.15) is 13.6 Å². The van der Waals surface area contributed by atoms with Crippen molar-refractivity contribution >= 4 is 64.8 Å². The molecule has 1 unspecified atom stereocenters. The van der Waals surface area contributed by atoms with Gasteiger partial charge >= 0.3 is 11.3 Å². The molecular formula is C33H41N5O9S3. The lowest BCUT2D eigenvalue weighted by atomic mass is 10.1. The number of azo groups is 1. The van der Waals surface area contributed by atoms with Crippen molar-refractivity contribution in [3.8, 4) is 23.0 Å². The van der Waals surface area contributed by atoms with Gasteiger partial charge in [-0.05, 0) is 67.3 Å². The van der Waals surface area contributed by atoms with E-state index in [1.54, 1.807) is 32.0 Å². The number of nitrogens with zero attached hydrogens (tertiary/aromatic N) is 3. The molecule has 1 atom stereocenters. The number of phenolic OH excluding ortho intramolecular Hbond substituents is 2. The maximum absolute atomic E-state index is 13.6. The molecule has 4 rings (SSSR count). The van der Waals surface area contributed by atoms with Crippen LogP contribution in [0.1, 0.15) is 38.8 Å². The Labute approximate surface area is 295 Å². The molecule has 0 saturated heterocycles. The Hall–Kier alpha value is -4.45. The van der Waals surface area contributed by atoms with Crippen LogP contribution in [0.15, 0.2) is 69.7 Å². The van der Waals surface area contributed by atoms with Gasteiger partial charge < -0.3 is 19.1 Å². The van der Waals surface area contributed by atoms with Crippen LogP contribution in [0.25, 0.3) is 10.8 Å². The Morgan fingerprint density at radius 2 is 1.58 bits per heavy atom. The number of anilines is 2. The molecule has 0 heterocycles. The molecular weight excluding hydrogens is 707 g/mol. The zero-order chi connectivity index (χ0) is 37.0. The average molecular weight is 748 g/mol. The van der Waals surface area contributed by atoms with Crippen molar-refractivity contribution in [3.63, 3.8) is 0 Å². The number of sulfonamides is 2. The molecule has 0 radical (unpaired) electrons. The highest BCUT2D eigenvalue weighted by atomic mass is 32.2. The van der Waals surface area contributed by atoms with Crippen LogP contribution >= 0.6 is 0 Å². The van der Waals surface area contributed by atoms with Crippen molar-refractivity contribution < 1.29 is 40.2 Å². The Bertz CT molecular complexity index is 2170. The minimum absolute atomic E-state index is 0.0241. The number of ether oxygens (including phenoxy) is 1. The fourth-order valence-corrected chi connectivity index (χ4v) is 7.69. The summed E-state index contributed by atoms with van der Waals surface area (Å²) in [6.07, 6.45) is 0.955. The monoisotopic (exact) mass is 747 g/mol. The standard InChI is InChI=1S/C33H41N5O9S3/c1-8-38(9-2)50(44,45)31-18-27(32-24(33(31)40)11-10-12-25(32)37-49(7,42)43)35-34-23-13-14-29(46-19-20(3)4)30(17-23)47-48(41)36-26-15-21(5)22(6)16-28(26)39/h10-18,20,36-37,39-40H,8-9,19H2,1-7H3. The Morgan fingerprint density at radius 1 is 0.900 bits per heavy atom. The summed E-state index contributed by atoms with van der Waals surface area (Å²) in [5.74, 6) is -0.264. The number of aryl methyl sites for hydroxylation is 2. The molecule has 0 aliphatic carbocycles. The lowest BCUT2D eigenvalue weighted by Crippen LogP contribution is -2.30. The van der Waals surface area contributed by atoms with Crippen LogP contribution < -0.4 is 18.4 Å². The van der Waals surface area contributed by atoms with Gasteiger partial charge in [-0.15, -0.1) is 5.11 Å². The zero-order valence-corrected chi connectivity index (χ0v) is 31.2. The Balaban J connectivity index is 1.83. The highest BCUT2D eigenvalue weighted by Gasteiger charge is 2.28. The SMILES string of the molecule is CCN(CC)S(=O)(=O)c1cc(N=Nc2ccc(OCC(C)C)c(OS(=O)Nc3cc(C)c(C)cc3O)c2)c2c(NS(C)(=O)=O)cccc2c1O. The molecule has 4 aromatic carbocycles. The number of hydrogen-bond donors (Lipinski definition) is 4. The smallest absolute Gasteiger partial charge is 0.316 e. The molecule has 0 bridgehead atoms. The first-order valence-corrected chi connectivity index (χ1v) is 20.0. The summed E-state index contributed by atoms with van der Waals surface area (Å²) in [5, 5.41) is 30.3. The van der Waals surface area contributed by atoms with Gasteiger partial charge in [0, 0.05) is 29.9 Å². The highest BCUT2D eigenvalue weighted by molar-refractivity contribution is 7.92.